The van der Waals surface area contributed by atoms with Gasteiger partial charge in [0.15, 0.2) is 0 Å². The second-order valence-corrected chi connectivity index (χ2v) is 9.42. The van der Waals surface area contributed by atoms with Crippen molar-refractivity contribution in [2.75, 3.05) is 4.90 Å². The van der Waals surface area contributed by atoms with Gasteiger partial charge in [0.1, 0.15) is 11.6 Å². The van der Waals surface area contributed by atoms with Crippen LogP contribution in [0.3, 0.4) is 0 Å². The maximum Gasteiger partial charge on any atom is 0.303 e. The monoisotopic (exact) mass is 468 g/mol. The summed E-state index contributed by atoms with van der Waals surface area (Å²) >= 11 is 0. The number of carboxylic acid groups (broad SMARTS) is 1. The molecule has 2 amide bonds. The van der Waals surface area contributed by atoms with Crippen molar-refractivity contribution >= 4 is 23.5 Å². The molecule has 3 aliphatic rings. The van der Waals surface area contributed by atoms with Crippen LogP contribution < -0.4 is 4.90 Å². The first kappa shape index (κ1) is 22.5. The standard InChI is InChI=1S/C26H26F2N2O4/c27-16-4-1-3-15(13-16)26(34)30-21-6-2-5-19(21)25(20-14-17(28)7-10-22(20)30)29(18-8-9-18)23(31)11-12-24(32)33/h1,3-4,7,10,13-14,18-19,21,25H,2,5-6,8-9,11-12H2,(H,32,33)/t19-,21-,25+/m0/s1. The lowest BCUT2D eigenvalue weighted by atomic mass is 9.81. The fourth-order valence-electron chi connectivity index (χ4n) is 5.71. The highest BCUT2D eigenvalue weighted by molar-refractivity contribution is 6.07. The summed E-state index contributed by atoms with van der Waals surface area (Å²) in [5.41, 5.74) is 1.31. The zero-order valence-electron chi connectivity index (χ0n) is 18.6. The lowest BCUT2D eigenvalue weighted by Crippen LogP contribution is -2.53. The highest BCUT2D eigenvalue weighted by Gasteiger charge is 2.51. The van der Waals surface area contributed by atoms with E-state index in [2.05, 4.69) is 0 Å². The Morgan fingerprint density at radius 1 is 0.971 bits per heavy atom. The van der Waals surface area contributed by atoms with Gasteiger partial charge in [0.05, 0.1) is 12.5 Å². The van der Waals surface area contributed by atoms with Crippen LogP contribution >= 0.6 is 0 Å². The molecule has 1 heterocycles. The third kappa shape index (κ3) is 4.06. The van der Waals surface area contributed by atoms with Gasteiger partial charge in [0.2, 0.25) is 5.91 Å². The number of benzene rings is 2. The molecule has 0 spiro atoms. The third-order valence-electron chi connectivity index (χ3n) is 7.21. The molecule has 2 saturated carbocycles. The zero-order chi connectivity index (χ0) is 24.0. The second-order valence-electron chi connectivity index (χ2n) is 9.42. The molecule has 1 aliphatic heterocycles. The van der Waals surface area contributed by atoms with Crippen molar-refractivity contribution in [2.24, 2.45) is 5.92 Å². The summed E-state index contributed by atoms with van der Waals surface area (Å²) in [4.78, 5) is 41.4. The van der Waals surface area contributed by atoms with Gasteiger partial charge in [0.25, 0.3) is 5.91 Å². The van der Waals surface area contributed by atoms with Gasteiger partial charge >= 0.3 is 5.97 Å². The Balaban J connectivity index is 1.59. The molecular weight excluding hydrogens is 442 g/mol. The predicted octanol–water partition coefficient (Wildman–Crippen LogP) is 4.69. The Bertz CT molecular complexity index is 1150. The van der Waals surface area contributed by atoms with Crippen LogP contribution in [0.2, 0.25) is 0 Å². The summed E-state index contributed by atoms with van der Waals surface area (Å²) in [6.07, 6.45) is 3.59. The Kier molecular flexibility index (Phi) is 5.83. The molecule has 34 heavy (non-hydrogen) atoms. The molecule has 5 rings (SSSR count). The van der Waals surface area contributed by atoms with Gasteiger partial charge in [-0.05, 0) is 62.1 Å². The fourth-order valence-corrected chi connectivity index (χ4v) is 5.71. The lowest BCUT2D eigenvalue weighted by molar-refractivity contribution is -0.142. The average molecular weight is 469 g/mol. The molecule has 2 aliphatic carbocycles. The van der Waals surface area contributed by atoms with E-state index in [1.807, 2.05) is 0 Å². The molecule has 178 valence electrons. The molecular formula is C26H26F2N2O4. The Morgan fingerprint density at radius 3 is 2.44 bits per heavy atom. The number of carbonyl (C=O) groups is 3. The zero-order valence-corrected chi connectivity index (χ0v) is 18.6. The number of carboxylic acids is 1. The van der Waals surface area contributed by atoms with Gasteiger partial charge in [-0.3, -0.25) is 14.4 Å². The van der Waals surface area contributed by atoms with Gasteiger partial charge in [-0.2, -0.15) is 0 Å². The number of fused-ring (bicyclic) bond motifs is 2. The van der Waals surface area contributed by atoms with Crippen LogP contribution in [0.5, 0.6) is 0 Å². The van der Waals surface area contributed by atoms with Crippen LogP contribution in [0.25, 0.3) is 0 Å². The first-order valence-electron chi connectivity index (χ1n) is 11.8. The van der Waals surface area contributed by atoms with Crippen molar-refractivity contribution in [1.82, 2.24) is 4.90 Å². The van der Waals surface area contributed by atoms with Crippen molar-refractivity contribution in [3.8, 4) is 0 Å². The Labute approximate surface area is 196 Å². The SMILES string of the molecule is O=C(O)CCC(=O)N(C1CC1)[C@H]1c2cc(F)ccc2N(C(=O)c2cccc(F)c2)[C@H]2CCC[C@@H]21. The largest absolute Gasteiger partial charge is 0.481 e. The highest BCUT2D eigenvalue weighted by atomic mass is 19.1. The number of aliphatic carboxylic acids is 1. The molecule has 8 heteroatoms. The fraction of sp³-hybridized carbons (Fsp3) is 0.423. The number of carbonyl (C=O) groups excluding carboxylic acids is 2. The molecule has 0 aromatic heterocycles. The second kappa shape index (κ2) is 8.81. The van der Waals surface area contributed by atoms with Crippen LogP contribution in [0.15, 0.2) is 42.5 Å². The van der Waals surface area contributed by atoms with Gasteiger partial charge in [0, 0.05) is 41.2 Å². The number of hydrogen-bond acceptors (Lipinski definition) is 3. The van der Waals surface area contributed by atoms with Crippen LogP contribution in [-0.4, -0.2) is 39.9 Å². The predicted molar refractivity (Wildman–Crippen MR) is 120 cm³/mol. The van der Waals surface area contributed by atoms with Crippen molar-refractivity contribution in [3.05, 3.63) is 65.2 Å². The minimum Gasteiger partial charge on any atom is -0.481 e. The number of hydrogen-bond donors (Lipinski definition) is 1. The smallest absolute Gasteiger partial charge is 0.303 e. The quantitative estimate of drug-likeness (QED) is 0.667. The van der Waals surface area contributed by atoms with E-state index in [9.17, 15) is 23.2 Å². The minimum atomic E-state index is -1.04. The Hall–Kier alpha value is -3.29. The van der Waals surface area contributed by atoms with E-state index in [0.29, 0.717) is 11.3 Å². The molecule has 0 bridgehead atoms. The molecule has 2 aromatic carbocycles. The maximum atomic E-state index is 14.5. The number of rotatable bonds is 6. The number of halogens is 2. The summed E-state index contributed by atoms with van der Waals surface area (Å²) < 4.78 is 28.4. The molecule has 0 saturated heterocycles. The molecule has 0 radical (unpaired) electrons. The first-order chi connectivity index (χ1) is 16.3. The first-order valence-corrected chi connectivity index (χ1v) is 11.8. The van der Waals surface area contributed by atoms with Gasteiger partial charge in [-0.25, -0.2) is 8.78 Å². The van der Waals surface area contributed by atoms with Crippen molar-refractivity contribution in [1.29, 1.82) is 0 Å². The molecule has 1 N–H and O–H groups in total. The van der Waals surface area contributed by atoms with E-state index < -0.39 is 23.6 Å². The van der Waals surface area contributed by atoms with Crippen LogP contribution in [0, 0.1) is 17.6 Å². The lowest BCUT2D eigenvalue weighted by Gasteiger charge is -2.48. The van der Waals surface area contributed by atoms with E-state index in [4.69, 9.17) is 5.11 Å². The summed E-state index contributed by atoms with van der Waals surface area (Å²) in [7, 11) is 0. The van der Waals surface area contributed by atoms with E-state index in [1.54, 1.807) is 21.9 Å². The maximum absolute atomic E-state index is 14.5. The highest BCUT2D eigenvalue weighted by Crippen LogP contribution is 2.53. The number of nitrogens with zero attached hydrogens (tertiary/aromatic N) is 2. The normalized spacial score (nSPS) is 23.2. The van der Waals surface area contributed by atoms with E-state index in [-0.39, 0.29) is 48.2 Å². The molecule has 6 nitrogen and oxygen atoms in total. The van der Waals surface area contributed by atoms with Crippen molar-refractivity contribution in [2.45, 2.75) is 63.1 Å². The summed E-state index contributed by atoms with van der Waals surface area (Å²) in [6, 6.07) is 9.14. The van der Waals surface area contributed by atoms with Gasteiger partial charge < -0.3 is 14.9 Å². The van der Waals surface area contributed by atoms with E-state index in [0.717, 1.165) is 32.1 Å². The summed E-state index contributed by atoms with van der Waals surface area (Å²) in [5.74, 6) is -2.72. The Morgan fingerprint density at radius 2 is 1.74 bits per heavy atom. The average Bonchev–Trinajstić information content (AvgIpc) is 3.52. The molecule has 0 unspecified atom stereocenters. The summed E-state index contributed by atoms with van der Waals surface area (Å²) in [5, 5.41) is 9.09. The van der Waals surface area contributed by atoms with Crippen LogP contribution in [0.1, 0.15) is 66.9 Å². The minimum absolute atomic E-state index is 0.00543. The third-order valence-corrected chi connectivity index (χ3v) is 7.21. The van der Waals surface area contributed by atoms with E-state index >= 15 is 0 Å². The topological polar surface area (TPSA) is 77.9 Å². The summed E-state index contributed by atoms with van der Waals surface area (Å²) in [6.45, 7) is 0. The van der Waals surface area contributed by atoms with Crippen molar-refractivity contribution in [3.63, 3.8) is 0 Å². The van der Waals surface area contributed by atoms with Gasteiger partial charge in [-0.1, -0.05) is 12.5 Å². The van der Waals surface area contributed by atoms with E-state index in [1.165, 1.54) is 30.3 Å². The van der Waals surface area contributed by atoms with Crippen LogP contribution in [0.4, 0.5) is 14.5 Å². The van der Waals surface area contributed by atoms with Crippen molar-refractivity contribution < 1.29 is 28.3 Å². The molecule has 2 aromatic rings. The molecule has 3 atom stereocenters. The number of anilines is 1. The number of amides is 2. The molecule has 2 fully saturated rings. The van der Waals surface area contributed by atoms with Crippen LogP contribution in [-0.2, 0) is 9.59 Å². The van der Waals surface area contributed by atoms with Gasteiger partial charge in [-0.15, -0.1) is 0 Å².